The molecule has 0 atom stereocenters. The van der Waals surface area contributed by atoms with Crippen molar-refractivity contribution in [1.29, 1.82) is 0 Å². The number of aryl methyl sites for hydroxylation is 1. The van der Waals surface area contributed by atoms with Crippen molar-refractivity contribution >= 4 is 32.9 Å². The van der Waals surface area contributed by atoms with Crippen molar-refractivity contribution in [3.8, 4) is 11.5 Å². The van der Waals surface area contributed by atoms with Gasteiger partial charge < -0.3 is 28.8 Å². The third kappa shape index (κ3) is 7.26. The second-order valence-electron chi connectivity index (χ2n) is 9.13. The molecule has 202 valence electrons. The summed E-state index contributed by atoms with van der Waals surface area (Å²) in [5, 5.41) is 6.91. The number of methoxy groups -OCH3 is 2. The molecule has 0 unspecified atom stereocenters. The summed E-state index contributed by atoms with van der Waals surface area (Å²) in [6.07, 6.45) is 0.143. The highest BCUT2D eigenvalue weighted by Crippen LogP contribution is 2.36. The maximum absolute atomic E-state index is 13.2. The molecule has 1 heterocycles. The number of carbonyl (C=O) groups excluding carboxylic acids is 1. The first-order chi connectivity index (χ1) is 17.5. The lowest BCUT2D eigenvalue weighted by Gasteiger charge is -2.19. The molecule has 0 saturated carbocycles. The van der Waals surface area contributed by atoms with E-state index >= 15 is 0 Å². The van der Waals surface area contributed by atoms with Crippen LogP contribution in [0.15, 0.2) is 39.8 Å². The Kier molecular flexibility index (Phi) is 8.87. The first kappa shape index (κ1) is 28.1. The Balaban J connectivity index is 1.73. The summed E-state index contributed by atoms with van der Waals surface area (Å²) in [6, 6.07) is 8.38. The highest BCUT2D eigenvalue weighted by molar-refractivity contribution is 7.92. The number of hydrogen-bond acceptors (Lipinski definition) is 9. The van der Waals surface area contributed by atoms with Crippen LogP contribution in [0.5, 0.6) is 11.5 Å². The molecule has 0 spiro atoms. The van der Waals surface area contributed by atoms with Crippen LogP contribution < -0.4 is 19.5 Å². The lowest BCUT2D eigenvalue weighted by atomic mass is 10.1. The van der Waals surface area contributed by atoms with E-state index < -0.39 is 21.7 Å². The minimum Gasteiger partial charge on any atom is -0.496 e. The molecule has 37 heavy (non-hydrogen) atoms. The van der Waals surface area contributed by atoms with Crippen molar-refractivity contribution in [1.82, 2.24) is 10.5 Å². The Hall–Kier alpha value is -3.51. The Morgan fingerprint density at radius 3 is 2.43 bits per heavy atom. The molecule has 11 nitrogen and oxygen atoms in total. The van der Waals surface area contributed by atoms with E-state index in [2.05, 4.69) is 15.2 Å². The Labute approximate surface area is 216 Å². The van der Waals surface area contributed by atoms with Crippen molar-refractivity contribution in [2.75, 3.05) is 32.1 Å². The number of aromatic nitrogens is 1. The predicted octanol–water partition coefficient (Wildman–Crippen LogP) is 4.25. The first-order valence-electron chi connectivity index (χ1n) is 11.7. The van der Waals surface area contributed by atoms with Gasteiger partial charge in [-0.25, -0.2) is 13.2 Å². The highest BCUT2D eigenvalue weighted by Gasteiger charge is 2.25. The zero-order chi connectivity index (χ0) is 27.2. The number of hydrogen-bond donors (Lipinski definition) is 2. The van der Waals surface area contributed by atoms with Crippen LogP contribution in [0.1, 0.15) is 38.8 Å². The summed E-state index contributed by atoms with van der Waals surface area (Å²) >= 11 is 0. The molecule has 0 aliphatic rings. The average Bonchev–Trinajstić information content (AvgIpc) is 3.23. The number of amides is 1. The van der Waals surface area contributed by atoms with Crippen LogP contribution in [0.3, 0.4) is 0 Å². The van der Waals surface area contributed by atoms with Crippen molar-refractivity contribution in [3.05, 3.63) is 41.5 Å². The smallest absolute Gasteiger partial charge is 0.407 e. The zero-order valence-electron chi connectivity index (χ0n) is 21.8. The lowest BCUT2D eigenvalue weighted by Crippen LogP contribution is -2.34. The fraction of sp³-hybridized carbons (Fsp3) is 0.440. The third-order valence-corrected chi connectivity index (χ3v) is 6.52. The molecule has 1 aromatic heterocycles. The minimum absolute atomic E-state index is 0.00511. The Morgan fingerprint density at radius 1 is 1.05 bits per heavy atom. The highest BCUT2D eigenvalue weighted by atomic mass is 32.2. The molecule has 3 aromatic rings. The molecule has 0 bridgehead atoms. The molecule has 0 saturated heterocycles. The monoisotopic (exact) mass is 535 g/mol. The number of sulfonamides is 1. The Morgan fingerprint density at radius 2 is 1.78 bits per heavy atom. The van der Waals surface area contributed by atoms with Crippen molar-refractivity contribution < 1.29 is 36.7 Å². The molecule has 1 amide bonds. The van der Waals surface area contributed by atoms with E-state index in [-0.39, 0.29) is 36.2 Å². The van der Waals surface area contributed by atoms with Crippen molar-refractivity contribution in [2.45, 2.75) is 51.2 Å². The second-order valence-corrected chi connectivity index (χ2v) is 10.8. The van der Waals surface area contributed by atoms with Gasteiger partial charge >= 0.3 is 6.09 Å². The third-order valence-electron chi connectivity index (χ3n) is 5.16. The van der Waals surface area contributed by atoms with Gasteiger partial charge in [0.05, 0.1) is 27.4 Å². The largest absolute Gasteiger partial charge is 0.496 e. The molecule has 2 N–H and O–H groups in total. The van der Waals surface area contributed by atoms with E-state index in [1.54, 1.807) is 45.0 Å². The fourth-order valence-corrected chi connectivity index (χ4v) is 4.69. The first-order valence-corrected chi connectivity index (χ1v) is 13.2. The quantitative estimate of drug-likeness (QED) is 0.345. The molecular weight excluding hydrogens is 502 g/mol. The molecule has 2 aromatic carbocycles. The maximum atomic E-state index is 13.2. The zero-order valence-corrected chi connectivity index (χ0v) is 22.7. The number of carbonyl (C=O) groups is 1. The van der Waals surface area contributed by atoms with Crippen LogP contribution in [-0.2, 0) is 32.5 Å². The van der Waals surface area contributed by atoms with Gasteiger partial charge in [-0.3, -0.25) is 4.72 Å². The predicted molar refractivity (Wildman–Crippen MR) is 138 cm³/mol. The number of nitrogens with zero attached hydrogens (tertiary/aromatic N) is 1. The van der Waals surface area contributed by atoms with Gasteiger partial charge in [-0.2, -0.15) is 0 Å². The number of rotatable bonds is 11. The number of fused-ring (bicyclic) bond motifs is 1. The van der Waals surface area contributed by atoms with E-state index in [0.29, 0.717) is 28.7 Å². The number of alkyl carbamates (subject to hydrolysis) is 1. The minimum atomic E-state index is -4.05. The van der Waals surface area contributed by atoms with Gasteiger partial charge in [0.1, 0.15) is 27.4 Å². The molecule has 0 fully saturated rings. The van der Waals surface area contributed by atoms with Gasteiger partial charge in [0.15, 0.2) is 11.4 Å². The fourth-order valence-electron chi connectivity index (χ4n) is 3.47. The van der Waals surface area contributed by atoms with Gasteiger partial charge in [0.2, 0.25) is 0 Å². The molecule has 0 aliphatic carbocycles. The number of ether oxygens (including phenoxy) is 4. The second kappa shape index (κ2) is 11.7. The summed E-state index contributed by atoms with van der Waals surface area (Å²) in [6.45, 7) is 8.00. The molecular formula is C25H33N3O8S. The average molecular weight is 536 g/mol. The van der Waals surface area contributed by atoms with Gasteiger partial charge in [0.25, 0.3) is 10.0 Å². The normalized spacial score (nSPS) is 11.8. The molecule has 3 rings (SSSR count). The number of anilines is 1. The summed E-state index contributed by atoms with van der Waals surface area (Å²) in [5.74, 6) is 0.561. The van der Waals surface area contributed by atoms with Gasteiger partial charge in [-0.15, -0.1) is 0 Å². The summed E-state index contributed by atoms with van der Waals surface area (Å²) in [7, 11) is -1.18. The topological polar surface area (TPSA) is 138 Å². The van der Waals surface area contributed by atoms with Crippen molar-refractivity contribution in [2.24, 2.45) is 0 Å². The number of benzene rings is 2. The molecule has 0 radical (unpaired) electrons. The molecule has 12 heteroatoms. The lowest BCUT2D eigenvalue weighted by molar-refractivity contribution is 0.0494. The molecule has 0 aliphatic heterocycles. The van der Waals surface area contributed by atoms with Gasteiger partial charge in [-0.1, -0.05) is 18.1 Å². The standard InChI is InChI=1S/C25H33N3O8S/c1-7-16-8-9-18(32-5)21(14-16)37(30,31)28-23-22-19(33-6)12-17(13-20(22)36-27-23)15-34-11-10-26-24(29)35-25(2,3)4/h8-9,12-14H,7,10-11,15H2,1-6H3,(H,26,29)(H,27,28). The number of nitrogens with one attached hydrogen (secondary N) is 2. The van der Waals surface area contributed by atoms with Crippen LogP contribution in [-0.4, -0.2) is 52.6 Å². The van der Waals surface area contributed by atoms with Crippen LogP contribution in [0, 0.1) is 0 Å². The van der Waals surface area contributed by atoms with Crippen molar-refractivity contribution in [3.63, 3.8) is 0 Å². The summed E-state index contributed by atoms with van der Waals surface area (Å²) in [4.78, 5) is 11.7. The Bertz CT molecular complexity index is 1350. The summed E-state index contributed by atoms with van der Waals surface area (Å²) < 4.78 is 55.9. The van der Waals surface area contributed by atoms with Gasteiger partial charge in [0, 0.05) is 6.54 Å². The van der Waals surface area contributed by atoms with E-state index in [0.717, 1.165) is 5.56 Å². The van der Waals surface area contributed by atoms with E-state index in [1.165, 1.54) is 14.2 Å². The SMILES string of the molecule is CCc1ccc(OC)c(S(=O)(=O)Nc2noc3cc(COCCNC(=O)OC(C)(C)C)cc(OC)c23)c1. The maximum Gasteiger partial charge on any atom is 0.407 e. The van der Waals surface area contributed by atoms with E-state index in [9.17, 15) is 13.2 Å². The van der Waals surface area contributed by atoms with E-state index in [1.807, 2.05) is 13.0 Å². The van der Waals surface area contributed by atoms with Crippen LogP contribution in [0.2, 0.25) is 0 Å². The summed E-state index contributed by atoms with van der Waals surface area (Å²) in [5.41, 5.74) is 1.29. The van der Waals surface area contributed by atoms with Crippen LogP contribution in [0.25, 0.3) is 11.0 Å². The van der Waals surface area contributed by atoms with E-state index in [4.69, 9.17) is 23.5 Å². The van der Waals surface area contributed by atoms with Gasteiger partial charge in [-0.05, 0) is 62.6 Å². The van der Waals surface area contributed by atoms with Crippen LogP contribution >= 0.6 is 0 Å². The van der Waals surface area contributed by atoms with Crippen LogP contribution in [0.4, 0.5) is 10.6 Å².